The maximum Gasteiger partial charge on any atom is 0.406 e. The summed E-state index contributed by atoms with van der Waals surface area (Å²) in [6, 6.07) is 1.36. The van der Waals surface area contributed by atoms with Gasteiger partial charge in [0, 0.05) is 32.2 Å². The second-order valence-corrected chi connectivity index (χ2v) is 5.98. The lowest BCUT2D eigenvalue weighted by Crippen LogP contribution is -2.28. The molecular weight excluding hydrogens is 395 g/mol. The zero-order valence-corrected chi connectivity index (χ0v) is 15.7. The number of carbonyl (C=O) groups is 3. The van der Waals surface area contributed by atoms with E-state index in [4.69, 9.17) is 4.74 Å². The first-order valence-electron chi connectivity index (χ1n) is 8.60. The van der Waals surface area contributed by atoms with Gasteiger partial charge in [0.05, 0.1) is 18.7 Å². The van der Waals surface area contributed by atoms with Gasteiger partial charge in [0.2, 0.25) is 0 Å². The first kappa shape index (κ1) is 22.0. The monoisotopic (exact) mass is 415 g/mol. The molecule has 0 radical (unpaired) electrons. The quantitative estimate of drug-likeness (QED) is 0.639. The molecule has 29 heavy (non-hydrogen) atoms. The number of hydrogen-bond donors (Lipinski definition) is 2. The van der Waals surface area contributed by atoms with Crippen LogP contribution in [-0.2, 0) is 23.1 Å². The van der Waals surface area contributed by atoms with E-state index in [0.717, 1.165) is 12.4 Å². The highest BCUT2D eigenvalue weighted by Gasteiger charge is 2.30. The number of hydrogen-bond acceptors (Lipinski definition) is 5. The van der Waals surface area contributed by atoms with Crippen molar-refractivity contribution in [3.8, 4) is 0 Å². The average molecular weight is 415 g/mol. The van der Waals surface area contributed by atoms with E-state index in [0.29, 0.717) is 4.57 Å². The summed E-state index contributed by atoms with van der Waals surface area (Å²) in [6.07, 6.45) is -0.925. The molecule has 2 N–H and O–H groups in total. The van der Waals surface area contributed by atoms with Gasteiger partial charge in [0.25, 0.3) is 11.8 Å². The normalized spacial score (nSPS) is 11.2. The molecule has 0 aliphatic heterocycles. The van der Waals surface area contributed by atoms with Crippen molar-refractivity contribution < 1.29 is 32.3 Å². The van der Waals surface area contributed by atoms with E-state index in [1.165, 1.54) is 16.8 Å². The summed E-state index contributed by atoms with van der Waals surface area (Å²) < 4.78 is 44.6. The topological polar surface area (TPSA) is 107 Å². The molecule has 0 unspecified atom stereocenters. The van der Waals surface area contributed by atoms with Crippen molar-refractivity contribution in [3.05, 3.63) is 36.2 Å². The lowest BCUT2D eigenvalue weighted by molar-refractivity contribution is -0.143. The molecule has 158 valence electrons. The number of carbonyl (C=O) groups excluding carboxylic acids is 3. The Morgan fingerprint density at radius 3 is 2.62 bits per heavy atom. The molecule has 2 heterocycles. The number of amides is 2. The summed E-state index contributed by atoms with van der Waals surface area (Å²) in [7, 11) is 1.56. The van der Waals surface area contributed by atoms with Crippen LogP contribution in [0.1, 0.15) is 34.5 Å². The predicted molar refractivity (Wildman–Crippen MR) is 95.2 cm³/mol. The van der Waals surface area contributed by atoms with Crippen molar-refractivity contribution in [1.82, 2.24) is 19.4 Å². The second-order valence-electron chi connectivity index (χ2n) is 5.98. The Bertz CT molecular complexity index is 888. The number of esters is 1. The minimum absolute atomic E-state index is 0.00939. The first-order chi connectivity index (χ1) is 13.6. The molecule has 9 nitrogen and oxygen atoms in total. The van der Waals surface area contributed by atoms with Crippen LogP contribution in [0.2, 0.25) is 0 Å². The number of aromatic nitrogens is 3. The third-order valence-electron chi connectivity index (χ3n) is 3.68. The standard InChI is InChI=1S/C17H20F3N5O4/c1-3-29-13(26)4-5-22-15(27)12-8-11(9-24(12)2)23-16(28)14-21-6-7-25(14)10-17(18,19)20/h6-9H,3-5,10H2,1-2H3,(H,22,27)(H,23,28). The Balaban J connectivity index is 2.00. The highest BCUT2D eigenvalue weighted by Crippen LogP contribution is 2.19. The van der Waals surface area contributed by atoms with Crippen molar-refractivity contribution in [1.29, 1.82) is 0 Å². The lowest BCUT2D eigenvalue weighted by atomic mass is 10.3. The molecule has 0 aliphatic rings. The van der Waals surface area contributed by atoms with Crippen molar-refractivity contribution in [3.63, 3.8) is 0 Å². The van der Waals surface area contributed by atoms with E-state index in [1.54, 1.807) is 14.0 Å². The van der Waals surface area contributed by atoms with Gasteiger partial charge in [-0.2, -0.15) is 13.2 Å². The average Bonchev–Trinajstić information content (AvgIpc) is 3.19. The molecular formula is C17H20F3N5O4. The number of ether oxygens (including phenoxy) is 1. The zero-order valence-electron chi connectivity index (χ0n) is 15.7. The van der Waals surface area contributed by atoms with Crippen LogP contribution in [0.3, 0.4) is 0 Å². The Morgan fingerprint density at radius 2 is 1.97 bits per heavy atom. The molecule has 0 atom stereocenters. The van der Waals surface area contributed by atoms with E-state index in [1.807, 2.05) is 0 Å². The molecule has 0 aromatic carbocycles. The van der Waals surface area contributed by atoms with Gasteiger partial charge in [-0.3, -0.25) is 14.4 Å². The Labute approximate surface area is 163 Å². The van der Waals surface area contributed by atoms with Gasteiger partial charge in [-0.1, -0.05) is 0 Å². The van der Waals surface area contributed by atoms with Crippen LogP contribution < -0.4 is 10.6 Å². The fourth-order valence-electron chi connectivity index (χ4n) is 2.49. The maximum atomic E-state index is 12.6. The van der Waals surface area contributed by atoms with Crippen molar-refractivity contribution in [2.45, 2.75) is 26.1 Å². The smallest absolute Gasteiger partial charge is 0.406 e. The van der Waals surface area contributed by atoms with Gasteiger partial charge < -0.3 is 24.5 Å². The lowest BCUT2D eigenvalue weighted by Gasteiger charge is -2.10. The van der Waals surface area contributed by atoms with Gasteiger partial charge >= 0.3 is 12.1 Å². The van der Waals surface area contributed by atoms with Crippen LogP contribution in [0.5, 0.6) is 0 Å². The maximum absolute atomic E-state index is 12.6. The van der Waals surface area contributed by atoms with Crippen molar-refractivity contribution in [2.75, 3.05) is 18.5 Å². The fraction of sp³-hybridized carbons (Fsp3) is 0.412. The summed E-state index contributed by atoms with van der Waals surface area (Å²) in [5.74, 6) is -2.19. The Kier molecular flexibility index (Phi) is 7.02. The molecule has 0 spiro atoms. The van der Waals surface area contributed by atoms with Crippen molar-refractivity contribution in [2.24, 2.45) is 7.05 Å². The SMILES string of the molecule is CCOC(=O)CCNC(=O)c1cc(NC(=O)c2nccn2CC(F)(F)F)cn1C. The summed E-state index contributed by atoms with van der Waals surface area (Å²) in [5, 5.41) is 4.96. The highest BCUT2D eigenvalue weighted by molar-refractivity contribution is 6.03. The van der Waals surface area contributed by atoms with Crippen LogP contribution in [0.25, 0.3) is 0 Å². The zero-order chi connectivity index (χ0) is 21.6. The molecule has 0 saturated heterocycles. The first-order valence-corrected chi connectivity index (χ1v) is 8.60. The third kappa shape index (κ3) is 6.36. The molecule has 2 amide bonds. The number of rotatable bonds is 8. The van der Waals surface area contributed by atoms with E-state index in [2.05, 4.69) is 15.6 Å². The van der Waals surface area contributed by atoms with Crippen molar-refractivity contribution >= 4 is 23.5 Å². The largest absolute Gasteiger partial charge is 0.466 e. The minimum atomic E-state index is -4.50. The molecule has 0 saturated carbocycles. The molecule has 2 aromatic heterocycles. The number of alkyl halides is 3. The number of anilines is 1. The molecule has 12 heteroatoms. The Hall–Kier alpha value is -3.31. The van der Waals surface area contributed by atoms with Gasteiger partial charge in [-0.15, -0.1) is 0 Å². The minimum Gasteiger partial charge on any atom is -0.466 e. The molecule has 0 aliphatic carbocycles. The van der Waals surface area contributed by atoms with Crippen LogP contribution in [0, 0.1) is 0 Å². The molecule has 0 bridgehead atoms. The van der Waals surface area contributed by atoms with Crippen LogP contribution >= 0.6 is 0 Å². The number of imidazole rings is 1. The molecule has 2 rings (SSSR count). The fourth-order valence-corrected chi connectivity index (χ4v) is 2.49. The molecule has 2 aromatic rings. The van der Waals surface area contributed by atoms with Gasteiger partial charge in [0.15, 0.2) is 5.82 Å². The summed E-state index contributed by atoms with van der Waals surface area (Å²) in [6.45, 7) is 0.638. The van der Waals surface area contributed by atoms with E-state index >= 15 is 0 Å². The van der Waals surface area contributed by atoms with E-state index in [-0.39, 0.29) is 31.0 Å². The summed E-state index contributed by atoms with van der Waals surface area (Å²) in [4.78, 5) is 39.4. The number of aryl methyl sites for hydroxylation is 1. The van der Waals surface area contributed by atoms with Gasteiger partial charge in [-0.05, 0) is 13.0 Å². The van der Waals surface area contributed by atoms with Crippen LogP contribution in [-0.4, -0.2) is 51.2 Å². The van der Waals surface area contributed by atoms with E-state index < -0.39 is 36.3 Å². The van der Waals surface area contributed by atoms with Crippen LogP contribution in [0.15, 0.2) is 24.7 Å². The van der Waals surface area contributed by atoms with Gasteiger partial charge in [0.1, 0.15) is 12.2 Å². The number of nitrogens with zero attached hydrogens (tertiary/aromatic N) is 3. The second kappa shape index (κ2) is 9.26. The van der Waals surface area contributed by atoms with Gasteiger partial charge in [-0.25, -0.2) is 4.98 Å². The Morgan fingerprint density at radius 1 is 1.24 bits per heavy atom. The highest BCUT2D eigenvalue weighted by atomic mass is 19.4. The van der Waals surface area contributed by atoms with E-state index in [9.17, 15) is 27.6 Å². The predicted octanol–water partition coefficient (Wildman–Crippen LogP) is 1.72. The van der Waals surface area contributed by atoms with Crippen LogP contribution in [0.4, 0.5) is 18.9 Å². The summed E-state index contributed by atoms with van der Waals surface area (Å²) >= 11 is 0. The molecule has 0 fully saturated rings. The number of halogens is 3. The number of nitrogens with one attached hydrogen (secondary N) is 2. The summed E-state index contributed by atoms with van der Waals surface area (Å²) in [5.41, 5.74) is 0.386. The third-order valence-corrected chi connectivity index (χ3v) is 3.68.